The van der Waals surface area contributed by atoms with Crippen molar-refractivity contribution in [2.24, 2.45) is 0 Å². The third-order valence-corrected chi connectivity index (χ3v) is 4.23. The minimum atomic E-state index is -0.947. The summed E-state index contributed by atoms with van der Waals surface area (Å²) in [6.07, 6.45) is 3.64. The zero-order valence-electron chi connectivity index (χ0n) is 9.11. The Kier molecular flexibility index (Phi) is 3.54. The Morgan fingerprint density at radius 1 is 1.20 bits per heavy atom. The maximum absolute atomic E-state index is 12.2. The smallest absolute Gasteiger partial charge is 0.127 e. The molecule has 2 nitrogen and oxygen atoms in total. The Hall–Kier alpha value is -0.670. The zero-order chi connectivity index (χ0) is 10.7. The third-order valence-electron chi connectivity index (χ3n) is 2.74. The maximum atomic E-state index is 12.2. The highest BCUT2D eigenvalue weighted by Crippen LogP contribution is 2.17. The number of piperidine rings is 1. The van der Waals surface area contributed by atoms with Gasteiger partial charge in [0.25, 0.3) is 0 Å². The molecule has 1 aliphatic heterocycles. The highest BCUT2D eigenvalue weighted by atomic mass is 32.2. The largest absolute Gasteiger partial charge is 0.237 e. The van der Waals surface area contributed by atoms with Crippen LogP contribution in [0, 0.1) is 6.92 Å². The lowest BCUT2D eigenvalue weighted by Gasteiger charge is -2.25. The van der Waals surface area contributed by atoms with E-state index < -0.39 is 11.0 Å². The van der Waals surface area contributed by atoms with Gasteiger partial charge in [-0.2, -0.15) is 0 Å². The average molecular weight is 223 g/mol. The van der Waals surface area contributed by atoms with Crippen molar-refractivity contribution in [3.8, 4) is 0 Å². The van der Waals surface area contributed by atoms with Crippen molar-refractivity contribution < 1.29 is 4.21 Å². The fourth-order valence-corrected chi connectivity index (χ4v) is 3.27. The van der Waals surface area contributed by atoms with Crippen LogP contribution in [-0.2, 0) is 11.0 Å². The SMILES string of the molecule is Cc1cccc(S(=O)N2CCCCC2)c1. The number of hydrogen-bond acceptors (Lipinski definition) is 1. The van der Waals surface area contributed by atoms with Crippen molar-refractivity contribution in [2.45, 2.75) is 31.1 Å². The fraction of sp³-hybridized carbons (Fsp3) is 0.500. The van der Waals surface area contributed by atoms with Crippen molar-refractivity contribution in [2.75, 3.05) is 13.1 Å². The lowest BCUT2D eigenvalue weighted by molar-refractivity contribution is 0.365. The third kappa shape index (κ3) is 2.67. The molecule has 1 saturated heterocycles. The fourth-order valence-electron chi connectivity index (χ4n) is 1.90. The van der Waals surface area contributed by atoms with Crippen LogP contribution in [0.15, 0.2) is 29.2 Å². The molecule has 0 bridgehead atoms. The normalized spacial score (nSPS) is 20.1. The summed E-state index contributed by atoms with van der Waals surface area (Å²) in [6.45, 7) is 3.98. The average Bonchev–Trinajstić information content (AvgIpc) is 2.29. The van der Waals surface area contributed by atoms with Crippen LogP contribution in [0.25, 0.3) is 0 Å². The topological polar surface area (TPSA) is 20.3 Å². The first kappa shape index (κ1) is 10.8. The molecule has 0 spiro atoms. The molecule has 1 unspecified atom stereocenters. The maximum Gasteiger partial charge on any atom is 0.127 e. The number of benzene rings is 1. The van der Waals surface area contributed by atoms with Gasteiger partial charge in [0.1, 0.15) is 11.0 Å². The summed E-state index contributed by atoms with van der Waals surface area (Å²) in [5.74, 6) is 0. The zero-order valence-corrected chi connectivity index (χ0v) is 9.93. The number of rotatable bonds is 2. The second-order valence-electron chi connectivity index (χ2n) is 4.06. The summed E-state index contributed by atoms with van der Waals surface area (Å²) < 4.78 is 14.3. The van der Waals surface area contributed by atoms with Gasteiger partial charge in [0.2, 0.25) is 0 Å². The van der Waals surface area contributed by atoms with E-state index in [-0.39, 0.29) is 0 Å². The standard InChI is InChI=1S/C12H17NOS/c1-11-6-5-7-12(10-11)15(14)13-8-3-2-4-9-13/h5-7,10H,2-4,8-9H2,1H3. The van der Waals surface area contributed by atoms with Gasteiger partial charge in [-0.3, -0.25) is 0 Å². The molecule has 0 aliphatic carbocycles. The Morgan fingerprint density at radius 2 is 1.93 bits per heavy atom. The molecule has 0 radical (unpaired) electrons. The van der Waals surface area contributed by atoms with E-state index in [2.05, 4.69) is 4.31 Å². The second-order valence-corrected chi connectivity index (χ2v) is 5.54. The first-order chi connectivity index (χ1) is 7.27. The number of hydrogen-bond donors (Lipinski definition) is 0. The molecule has 0 saturated carbocycles. The summed E-state index contributed by atoms with van der Waals surface area (Å²) in [6, 6.07) is 7.99. The van der Waals surface area contributed by atoms with Gasteiger partial charge in [-0.25, -0.2) is 8.51 Å². The Labute approximate surface area is 93.9 Å². The van der Waals surface area contributed by atoms with Crippen molar-refractivity contribution >= 4 is 11.0 Å². The predicted molar refractivity (Wildman–Crippen MR) is 63.0 cm³/mol. The summed E-state index contributed by atoms with van der Waals surface area (Å²) >= 11 is 0. The first-order valence-electron chi connectivity index (χ1n) is 5.51. The molecule has 0 amide bonds. The molecular weight excluding hydrogens is 206 g/mol. The van der Waals surface area contributed by atoms with E-state index in [1.165, 1.54) is 24.8 Å². The van der Waals surface area contributed by atoms with Gasteiger partial charge in [0.05, 0.1) is 4.90 Å². The molecule has 3 heteroatoms. The predicted octanol–water partition coefficient (Wildman–Crippen LogP) is 2.50. The van der Waals surface area contributed by atoms with Crippen LogP contribution in [0.3, 0.4) is 0 Å². The van der Waals surface area contributed by atoms with Gasteiger partial charge in [-0.1, -0.05) is 18.6 Å². The molecule has 1 heterocycles. The summed E-state index contributed by atoms with van der Waals surface area (Å²) in [5, 5.41) is 0. The van der Waals surface area contributed by atoms with E-state index in [9.17, 15) is 4.21 Å². The van der Waals surface area contributed by atoms with Gasteiger partial charge in [0, 0.05) is 13.1 Å². The second kappa shape index (κ2) is 4.90. The van der Waals surface area contributed by atoms with Gasteiger partial charge in [0.15, 0.2) is 0 Å². The Morgan fingerprint density at radius 3 is 2.60 bits per heavy atom. The molecule has 1 fully saturated rings. The summed E-state index contributed by atoms with van der Waals surface area (Å²) in [7, 11) is -0.947. The van der Waals surface area contributed by atoms with Gasteiger partial charge >= 0.3 is 0 Å². The Bertz CT molecular complexity index is 358. The molecule has 82 valence electrons. The van der Waals surface area contributed by atoms with Crippen molar-refractivity contribution in [1.29, 1.82) is 0 Å². The summed E-state index contributed by atoms with van der Waals surface area (Å²) in [4.78, 5) is 0.942. The van der Waals surface area contributed by atoms with Crippen LogP contribution in [-0.4, -0.2) is 21.6 Å². The van der Waals surface area contributed by atoms with Gasteiger partial charge in [-0.05, 0) is 37.5 Å². The molecule has 0 aromatic heterocycles. The van der Waals surface area contributed by atoms with E-state index in [1.807, 2.05) is 31.2 Å². The summed E-state index contributed by atoms with van der Waals surface area (Å²) in [5.41, 5.74) is 1.18. The van der Waals surface area contributed by atoms with E-state index in [0.717, 1.165) is 18.0 Å². The lowest BCUT2D eigenvalue weighted by atomic mass is 10.2. The lowest BCUT2D eigenvalue weighted by Crippen LogP contribution is -2.31. The van der Waals surface area contributed by atoms with E-state index in [4.69, 9.17) is 0 Å². The monoisotopic (exact) mass is 223 g/mol. The van der Waals surface area contributed by atoms with E-state index in [0.29, 0.717) is 0 Å². The number of aryl methyl sites for hydroxylation is 1. The molecule has 0 N–H and O–H groups in total. The van der Waals surface area contributed by atoms with Crippen molar-refractivity contribution in [1.82, 2.24) is 4.31 Å². The Balaban J connectivity index is 2.12. The molecule has 1 aromatic rings. The van der Waals surface area contributed by atoms with E-state index in [1.54, 1.807) is 0 Å². The molecular formula is C12H17NOS. The minimum Gasteiger partial charge on any atom is -0.237 e. The highest BCUT2D eigenvalue weighted by molar-refractivity contribution is 7.82. The van der Waals surface area contributed by atoms with Crippen LogP contribution in [0.4, 0.5) is 0 Å². The van der Waals surface area contributed by atoms with Crippen LogP contribution in [0.5, 0.6) is 0 Å². The van der Waals surface area contributed by atoms with Crippen LogP contribution in [0.2, 0.25) is 0 Å². The van der Waals surface area contributed by atoms with Crippen LogP contribution in [0.1, 0.15) is 24.8 Å². The van der Waals surface area contributed by atoms with Crippen molar-refractivity contribution in [3.05, 3.63) is 29.8 Å². The first-order valence-corrected chi connectivity index (χ1v) is 6.61. The van der Waals surface area contributed by atoms with Crippen LogP contribution < -0.4 is 0 Å². The molecule has 1 aromatic carbocycles. The molecule has 2 rings (SSSR count). The van der Waals surface area contributed by atoms with Gasteiger partial charge in [-0.15, -0.1) is 0 Å². The molecule has 1 atom stereocenters. The highest BCUT2D eigenvalue weighted by Gasteiger charge is 2.17. The van der Waals surface area contributed by atoms with Crippen molar-refractivity contribution in [3.63, 3.8) is 0 Å². The van der Waals surface area contributed by atoms with E-state index >= 15 is 0 Å². The molecule has 1 aliphatic rings. The van der Waals surface area contributed by atoms with Crippen LogP contribution >= 0.6 is 0 Å². The number of nitrogens with zero attached hydrogens (tertiary/aromatic N) is 1. The van der Waals surface area contributed by atoms with Gasteiger partial charge < -0.3 is 0 Å². The minimum absolute atomic E-state index is 0.942. The quantitative estimate of drug-likeness (QED) is 0.754. The molecule has 15 heavy (non-hydrogen) atoms.